The second kappa shape index (κ2) is 5.40. The normalized spacial score (nSPS) is 23.1. The Kier molecular flexibility index (Phi) is 4.10. The largest absolute Gasteiger partial charge is 0.308 e. The molecule has 3 nitrogen and oxygen atoms in total. The minimum atomic E-state index is 0.700. The average Bonchev–Trinajstić information content (AvgIpc) is 2.99. The number of hydrogen-bond acceptors (Lipinski definition) is 2. The smallest absolute Gasteiger partial charge is 0.0860 e. The lowest BCUT2D eigenvalue weighted by molar-refractivity contribution is 0.554. The minimum absolute atomic E-state index is 0.700. The van der Waals surface area contributed by atoms with Gasteiger partial charge in [-0.3, -0.25) is 4.68 Å². The van der Waals surface area contributed by atoms with Crippen LogP contribution in [0.15, 0.2) is 0 Å². The predicted molar refractivity (Wildman–Crippen MR) is 71.3 cm³/mol. The Balaban J connectivity index is 1.91. The monoisotopic (exact) mass is 255 g/mol. The molecule has 4 heteroatoms. The van der Waals surface area contributed by atoms with Gasteiger partial charge in [0, 0.05) is 19.1 Å². The molecule has 0 aliphatic heterocycles. The van der Waals surface area contributed by atoms with Gasteiger partial charge in [0.05, 0.1) is 16.4 Å². The lowest BCUT2D eigenvalue weighted by Gasteiger charge is -2.07. The molecular formula is C13H22ClN3. The summed E-state index contributed by atoms with van der Waals surface area (Å²) in [5, 5.41) is 8.84. The van der Waals surface area contributed by atoms with E-state index in [0.29, 0.717) is 6.04 Å². The third-order valence-electron chi connectivity index (χ3n) is 3.57. The van der Waals surface area contributed by atoms with Crippen molar-refractivity contribution in [1.29, 1.82) is 0 Å². The number of rotatable bonds is 6. The quantitative estimate of drug-likeness (QED) is 0.846. The van der Waals surface area contributed by atoms with E-state index in [-0.39, 0.29) is 0 Å². The summed E-state index contributed by atoms with van der Waals surface area (Å²) in [6.45, 7) is 8.05. The van der Waals surface area contributed by atoms with Gasteiger partial charge in [-0.05, 0) is 32.6 Å². The van der Waals surface area contributed by atoms with Crippen molar-refractivity contribution in [3.05, 3.63) is 16.4 Å². The van der Waals surface area contributed by atoms with E-state index in [2.05, 4.69) is 24.3 Å². The Morgan fingerprint density at radius 3 is 2.88 bits per heavy atom. The van der Waals surface area contributed by atoms with Crippen LogP contribution in [0.3, 0.4) is 0 Å². The van der Waals surface area contributed by atoms with Crippen LogP contribution in [0.25, 0.3) is 0 Å². The van der Waals surface area contributed by atoms with Gasteiger partial charge >= 0.3 is 0 Å². The van der Waals surface area contributed by atoms with Gasteiger partial charge in [0.25, 0.3) is 0 Å². The second-order valence-corrected chi connectivity index (χ2v) is 5.31. The Morgan fingerprint density at radius 2 is 2.24 bits per heavy atom. The Labute approximate surface area is 109 Å². The minimum Gasteiger partial charge on any atom is -0.308 e. The Hall–Kier alpha value is -0.540. The van der Waals surface area contributed by atoms with Crippen molar-refractivity contribution in [3.63, 3.8) is 0 Å². The van der Waals surface area contributed by atoms with Crippen LogP contribution < -0.4 is 5.32 Å². The zero-order chi connectivity index (χ0) is 12.4. The first-order valence-corrected chi connectivity index (χ1v) is 7.00. The molecular weight excluding hydrogens is 234 g/mol. The van der Waals surface area contributed by atoms with Gasteiger partial charge in [-0.2, -0.15) is 5.10 Å². The molecule has 1 aliphatic rings. The SMILES string of the molecule is CCCC1CC1NCc1c(Cl)c(C)nn1CC. The summed E-state index contributed by atoms with van der Waals surface area (Å²) in [5.74, 6) is 0.887. The number of nitrogens with zero attached hydrogens (tertiary/aromatic N) is 2. The predicted octanol–water partition coefficient (Wildman–Crippen LogP) is 3.14. The molecule has 0 amide bonds. The van der Waals surface area contributed by atoms with Crippen molar-refractivity contribution < 1.29 is 0 Å². The lowest BCUT2D eigenvalue weighted by atomic mass is 10.2. The van der Waals surface area contributed by atoms with Gasteiger partial charge in [0.15, 0.2) is 0 Å². The maximum absolute atomic E-state index is 6.27. The highest BCUT2D eigenvalue weighted by Gasteiger charge is 2.35. The first-order chi connectivity index (χ1) is 8.17. The molecule has 0 saturated heterocycles. The van der Waals surface area contributed by atoms with Crippen LogP contribution in [0.5, 0.6) is 0 Å². The molecule has 0 spiro atoms. The highest BCUT2D eigenvalue weighted by molar-refractivity contribution is 6.31. The lowest BCUT2D eigenvalue weighted by Crippen LogP contribution is -2.20. The second-order valence-electron chi connectivity index (χ2n) is 4.93. The Bertz CT molecular complexity index is 386. The topological polar surface area (TPSA) is 29.9 Å². The van der Waals surface area contributed by atoms with E-state index in [0.717, 1.165) is 35.4 Å². The fourth-order valence-electron chi connectivity index (χ4n) is 2.45. The van der Waals surface area contributed by atoms with E-state index in [1.165, 1.54) is 19.3 Å². The fraction of sp³-hybridized carbons (Fsp3) is 0.769. The summed E-state index contributed by atoms with van der Waals surface area (Å²) in [6, 6.07) is 0.700. The molecule has 1 saturated carbocycles. The molecule has 2 atom stereocenters. The molecule has 96 valence electrons. The van der Waals surface area contributed by atoms with Gasteiger partial charge in [-0.25, -0.2) is 0 Å². The summed E-state index contributed by atoms with van der Waals surface area (Å²) < 4.78 is 2.00. The maximum Gasteiger partial charge on any atom is 0.0860 e. The molecule has 2 unspecified atom stereocenters. The summed E-state index contributed by atoms with van der Waals surface area (Å²) in [6.07, 6.45) is 3.96. The zero-order valence-electron chi connectivity index (χ0n) is 11.0. The highest BCUT2D eigenvalue weighted by Crippen LogP contribution is 2.35. The summed E-state index contributed by atoms with van der Waals surface area (Å²) in [7, 11) is 0. The van der Waals surface area contributed by atoms with Crippen molar-refractivity contribution in [2.24, 2.45) is 5.92 Å². The van der Waals surface area contributed by atoms with Crippen molar-refractivity contribution in [3.8, 4) is 0 Å². The maximum atomic E-state index is 6.27. The van der Waals surface area contributed by atoms with Gasteiger partial charge in [-0.15, -0.1) is 0 Å². The van der Waals surface area contributed by atoms with E-state index < -0.39 is 0 Å². The average molecular weight is 256 g/mol. The van der Waals surface area contributed by atoms with Gasteiger partial charge in [-0.1, -0.05) is 24.9 Å². The number of aromatic nitrogens is 2. The van der Waals surface area contributed by atoms with E-state index in [1.54, 1.807) is 0 Å². The van der Waals surface area contributed by atoms with Crippen LogP contribution in [-0.2, 0) is 13.1 Å². The molecule has 0 radical (unpaired) electrons. The molecule has 1 fully saturated rings. The first kappa shape index (κ1) is 12.9. The van der Waals surface area contributed by atoms with Crippen LogP contribution in [-0.4, -0.2) is 15.8 Å². The third kappa shape index (κ3) is 2.83. The summed E-state index contributed by atoms with van der Waals surface area (Å²) >= 11 is 6.27. The number of hydrogen-bond donors (Lipinski definition) is 1. The van der Waals surface area contributed by atoms with Gasteiger partial charge in [0.2, 0.25) is 0 Å². The van der Waals surface area contributed by atoms with E-state index in [1.807, 2.05) is 11.6 Å². The van der Waals surface area contributed by atoms with Crippen LogP contribution in [0, 0.1) is 12.8 Å². The number of nitrogens with one attached hydrogen (secondary N) is 1. The molecule has 2 rings (SSSR count). The third-order valence-corrected chi connectivity index (χ3v) is 4.06. The highest BCUT2D eigenvalue weighted by atomic mass is 35.5. The number of aryl methyl sites for hydroxylation is 2. The van der Waals surface area contributed by atoms with E-state index in [9.17, 15) is 0 Å². The molecule has 1 aromatic heterocycles. The summed E-state index contributed by atoms with van der Waals surface area (Å²) in [4.78, 5) is 0. The standard InChI is InChI=1S/C13H22ClN3/c1-4-6-10-7-11(10)15-8-12-13(14)9(3)16-17(12)5-2/h10-11,15H,4-8H2,1-3H3. The Morgan fingerprint density at radius 1 is 1.47 bits per heavy atom. The molecule has 1 heterocycles. The molecule has 1 N–H and O–H groups in total. The summed E-state index contributed by atoms with van der Waals surface area (Å²) in [5.41, 5.74) is 2.07. The van der Waals surface area contributed by atoms with Crippen molar-refractivity contribution in [2.75, 3.05) is 0 Å². The first-order valence-electron chi connectivity index (χ1n) is 6.62. The van der Waals surface area contributed by atoms with Gasteiger partial charge in [0.1, 0.15) is 0 Å². The van der Waals surface area contributed by atoms with Gasteiger partial charge < -0.3 is 5.32 Å². The molecule has 1 aromatic rings. The fourth-order valence-corrected chi connectivity index (χ4v) is 2.66. The number of halogens is 1. The molecule has 0 bridgehead atoms. The van der Waals surface area contributed by atoms with Crippen LogP contribution >= 0.6 is 11.6 Å². The van der Waals surface area contributed by atoms with E-state index >= 15 is 0 Å². The van der Waals surface area contributed by atoms with Crippen LogP contribution in [0.4, 0.5) is 0 Å². The van der Waals surface area contributed by atoms with Crippen molar-refractivity contribution in [1.82, 2.24) is 15.1 Å². The van der Waals surface area contributed by atoms with E-state index in [4.69, 9.17) is 11.6 Å². The van der Waals surface area contributed by atoms with Crippen molar-refractivity contribution >= 4 is 11.6 Å². The van der Waals surface area contributed by atoms with Crippen molar-refractivity contribution in [2.45, 2.75) is 59.2 Å². The van der Waals surface area contributed by atoms with Crippen LogP contribution in [0.1, 0.15) is 44.5 Å². The molecule has 17 heavy (non-hydrogen) atoms. The van der Waals surface area contributed by atoms with Crippen LogP contribution in [0.2, 0.25) is 5.02 Å². The zero-order valence-corrected chi connectivity index (χ0v) is 11.7. The molecule has 0 aromatic carbocycles. The molecule has 1 aliphatic carbocycles.